The van der Waals surface area contributed by atoms with Crippen LogP contribution in [-0.4, -0.2) is 24.2 Å². The largest absolute Gasteiger partial charge is 0.489 e. The minimum Gasteiger partial charge on any atom is -0.489 e. The van der Waals surface area contributed by atoms with Gasteiger partial charge < -0.3 is 9.47 Å². The topological polar surface area (TPSA) is 85.4 Å². The van der Waals surface area contributed by atoms with E-state index in [9.17, 15) is 10.1 Å². The van der Waals surface area contributed by atoms with Gasteiger partial charge in [-0.1, -0.05) is 6.07 Å². The number of rotatable bonds is 4. The molecule has 18 heavy (non-hydrogen) atoms. The number of ether oxygens (including phenoxy) is 2. The summed E-state index contributed by atoms with van der Waals surface area (Å²) in [5.41, 5.74) is -0.275. The van der Waals surface area contributed by atoms with Crippen LogP contribution in [0.5, 0.6) is 5.75 Å². The molecule has 1 aromatic carbocycles. The highest BCUT2D eigenvalue weighted by Crippen LogP contribution is 2.27. The van der Waals surface area contributed by atoms with E-state index < -0.39 is 4.92 Å². The molecular weight excluding hydrogens is 236 g/mol. The molecular formula is C12H12N2O4. The van der Waals surface area contributed by atoms with Gasteiger partial charge in [0.15, 0.2) is 5.56 Å². The summed E-state index contributed by atoms with van der Waals surface area (Å²) in [7, 11) is 0. The number of nitriles is 1. The van der Waals surface area contributed by atoms with Crippen LogP contribution < -0.4 is 4.74 Å². The Hall–Kier alpha value is -2.13. The van der Waals surface area contributed by atoms with Crippen molar-refractivity contribution in [3.63, 3.8) is 0 Å². The van der Waals surface area contributed by atoms with Gasteiger partial charge >= 0.3 is 0 Å². The second kappa shape index (κ2) is 5.47. The third-order valence-corrected chi connectivity index (χ3v) is 2.76. The molecule has 1 aromatic rings. The van der Waals surface area contributed by atoms with Crippen molar-refractivity contribution in [3.05, 3.63) is 33.9 Å². The number of nitrogens with zero attached hydrogens (tertiary/aromatic N) is 2. The summed E-state index contributed by atoms with van der Waals surface area (Å²) < 4.78 is 10.8. The maximum absolute atomic E-state index is 10.8. The lowest BCUT2D eigenvalue weighted by molar-refractivity contribution is -0.385. The van der Waals surface area contributed by atoms with Crippen LogP contribution in [0.15, 0.2) is 18.2 Å². The van der Waals surface area contributed by atoms with Gasteiger partial charge in [-0.15, -0.1) is 0 Å². The Labute approximate surface area is 104 Å². The molecule has 1 saturated heterocycles. The lowest BCUT2D eigenvalue weighted by Crippen LogP contribution is -2.16. The number of nitro groups is 1. The molecule has 0 bridgehead atoms. The van der Waals surface area contributed by atoms with Crippen LogP contribution in [0, 0.1) is 21.4 Å². The molecule has 0 N–H and O–H groups in total. The molecule has 1 heterocycles. The molecule has 0 aliphatic carbocycles. The maximum atomic E-state index is 10.8. The maximum Gasteiger partial charge on any atom is 0.290 e. The van der Waals surface area contributed by atoms with E-state index in [1.54, 1.807) is 6.07 Å². The van der Waals surface area contributed by atoms with E-state index in [0.29, 0.717) is 13.2 Å². The Kier molecular flexibility index (Phi) is 3.75. The van der Waals surface area contributed by atoms with Gasteiger partial charge in [-0.2, -0.15) is 5.26 Å². The molecule has 0 radical (unpaired) electrons. The highest BCUT2D eigenvalue weighted by molar-refractivity contribution is 5.56. The third kappa shape index (κ3) is 2.57. The number of hydrogen-bond donors (Lipinski definition) is 0. The normalized spacial score (nSPS) is 18.3. The minimum atomic E-state index is -0.586. The summed E-state index contributed by atoms with van der Waals surface area (Å²) >= 11 is 0. The first-order chi connectivity index (χ1) is 8.72. The van der Waals surface area contributed by atoms with Crippen molar-refractivity contribution >= 4 is 5.69 Å². The molecule has 1 fully saturated rings. The van der Waals surface area contributed by atoms with Crippen LogP contribution >= 0.6 is 0 Å². The van der Waals surface area contributed by atoms with Gasteiger partial charge in [0.25, 0.3) is 5.69 Å². The molecule has 6 heteroatoms. The fraction of sp³-hybridized carbons (Fsp3) is 0.417. The van der Waals surface area contributed by atoms with Gasteiger partial charge in [-0.25, -0.2) is 0 Å². The first kappa shape index (κ1) is 12.3. The molecule has 1 aliphatic heterocycles. The van der Waals surface area contributed by atoms with Crippen LogP contribution in [-0.2, 0) is 4.74 Å². The van der Waals surface area contributed by atoms with Crippen molar-refractivity contribution in [1.82, 2.24) is 0 Å². The fourth-order valence-corrected chi connectivity index (χ4v) is 1.86. The van der Waals surface area contributed by atoms with Crippen LogP contribution in [0.1, 0.15) is 18.4 Å². The van der Waals surface area contributed by atoms with E-state index in [1.165, 1.54) is 12.1 Å². The zero-order valence-corrected chi connectivity index (χ0v) is 9.67. The molecule has 1 aliphatic rings. The second-order valence-electron chi connectivity index (χ2n) is 3.97. The van der Waals surface area contributed by atoms with Crippen molar-refractivity contribution in [2.75, 3.05) is 13.2 Å². The molecule has 0 amide bonds. The first-order valence-electron chi connectivity index (χ1n) is 5.64. The summed E-state index contributed by atoms with van der Waals surface area (Å²) in [5.74, 6) is 0.238. The van der Waals surface area contributed by atoms with Crippen LogP contribution in [0.3, 0.4) is 0 Å². The molecule has 0 spiro atoms. The van der Waals surface area contributed by atoms with Crippen LogP contribution in [0.4, 0.5) is 5.69 Å². The monoisotopic (exact) mass is 248 g/mol. The van der Waals surface area contributed by atoms with Crippen LogP contribution in [0.25, 0.3) is 0 Å². The highest BCUT2D eigenvalue weighted by atomic mass is 16.6. The summed E-state index contributed by atoms with van der Waals surface area (Å²) in [4.78, 5) is 10.2. The molecule has 0 aromatic heterocycles. The van der Waals surface area contributed by atoms with Gasteiger partial charge in [0, 0.05) is 12.7 Å². The van der Waals surface area contributed by atoms with E-state index >= 15 is 0 Å². The van der Waals surface area contributed by atoms with Crippen molar-refractivity contribution in [3.8, 4) is 11.8 Å². The van der Waals surface area contributed by atoms with Crippen molar-refractivity contribution in [1.29, 1.82) is 5.26 Å². The quantitative estimate of drug-likeness (QED) is 0.601. The van der Waals surface area contributed by atoms with E-state index in [-0.39, 0.29) is 23.1 Å². The average Bonchev–Trinajstić information content (AvgIpc) is 2.88. The smallest absolute Gasteiger partial charge is 0.290 e. The summed E-state index contributed by atoms with van der Waals surface area (Å²) in [6.07, 6.45) is 1.92. The van der Waals surface area contributed by atoms with Gasteiger partial charge in [0.2, 0.25) is 0 Å². The Morgan fingerprint density at radius 1 is 1.61 bits per heavy atom. The summed E-state index contributed by atoms with van der Waals surface area (Å²) in [5, 5.41) is 19.7. The Morgan fingerprint density at radius 3 is 3.06 bits per heavy atom. The lowest BCUT2D eigenvalue weighted by atomic mass is 10.2. The standard InChI is InChI=1S/C12H12N2O4/c13-7-10-11(14(15)16)4-1-5-12(10)18-8-9-3-2-6-17-9/h1,4-5,9H,2-3,6,8H2/t9-/m0/s1. The molecule has 0 saturated carbocycles. The first-order valence-corrected chi connectivity index (χ1v) is 5.64. The van der Waals surface area contributed by atoms with Crippen molar-refractivity contribution in [2.45, 2.75) is 18.9 Å². The molecule has 0 unspecified atom stereocenters. The Morgan fingerprint density at radius 2 is 2.44 bits per heavy atom. The SMILES string of the molecule is N#Cc1c(OC[C@@H]2CCCO2)cccc1[N+](=O)[O-]. The summed E-state index contributed by atoms with van der Waals surface area (Å²) in [6.45, 7) is 1.03. The van der Waals surface area contributed by atoms with Crippen LogP contribution in [0.2, 0.25) is 0 Å². The van der Waals surface area contributed by atoms with E-state index in [0.717, 1.165) is 12.8 Å². The predicted octanol–water partition coefficient (Wildman–Crippen LogP) is 2.02. The third-order valence-electron chi connectivity index (χ3n) is 2.76. The Bertz CT molecular complexity index is 489. The van der Waals surface area contributed by atoms with Gasteiger partial charge in [0.1, 0.15) is 18.4 Å². The fourth-order valence-electron chi connectivity index (χ4n) is 1.86. The van der Waals surface area contributed by atoms with E-state index in [1.807, 2.05) is 6.07 Å². The minimum absolute atomic E-state index is 0.0100. The number of nitro benzene ring substituents is 1. The average molecular weight is 248 g/mol. The Balaban J connectivity index is 2.14. The predicted molar refractivity (Wildman–Crippen MR) is 62.3 cm³/mol. The summed E-state index contributed by atoms with van der Waals surface area (Å²) in [6, 6.07) is 6.16. The zero-order chi connectivity index (χ0) is 13.0. The zero-order valence-electron chi connectivity index (χ0n) is 9.67. The molecule has 94 valence electrons. The second-order valence-corrected chi connectivity index (χ2v) is 3.97. The van der Waals surface area contributed by atoms with Gasteiger partial charge in [-0.3, -0.25) is 10.1 Å². The van der Waals surface area contributed by atoms with E-state index in [2.05, 4.69) is 0 Å². The van der Waals surface area contributed by atoms with Crippen molar-refractivity contribution < 1.29 is 14.4 Å². The van der Waals surface area contributed by atoms with Crippen molar-refractivity contribution in [2.24, 2.45) is 0 Å². The van der Waals surface area contributed by atoms with E-state index in [4.69, 9.17) is 14.7 Å². The number of hydrogen-bond acceptors (Lipinski definition) is 5. The highest BCUT2D eigenvalue weighted by Gasteiger charge is 2.21. The lowest BCUT2D eigenvalue weighted by Gasteiger charge is -2.12. The molecule has 1 atom stereocenters. The number of benzene rings is 1. The molecule has 6 nitrogen and oxygen atoms in total. The van der Waals surface area contributed by atoms with Gasteiger partial charge in [-0.05, 0) is 18.9 Å². The van der Waals surface area contributed by atoms with Gasteiger partial charge in [0.05, 0.1) is 11.0 Å². The molecule has 2 rings (SSSR count).